The molecule has 4 bridgehead atoms. The normalized spacial score (nSPS) is 29.9. The molecule has 0 aromatic heterocycles. The molecule has 1 saturated heterocycles. The van der Waals surface area contributed by atoms with Crippen molar-refractivity contribution in [2.24, 2.45) is 23.2 Å². The fourth-order valence-electron chi connectivity index (χ4n) is 7.58. The molecule has 198 valence electrons. The maximum absolute atomic E-state index is 13.2. The highest BCUT2D eigenvalue weighted by atomic mass is 35.5. The Bertz CT molecular complexity index is 945. The van der Waals surface area contributed by atoms with Crippen LogP contribution in [0.25, 0.3) is 0 Å². The standard InChI is InChI=1S/C29H42ClN3O3/c1-28(2,3)36-27(35)33-8-6-23(7-9-33)31-17-19-4-5-25(30)24(13-19)26(34)32-18-29-14-20-10-21(15-29)12-22(11-20)16-29/h4-5,13,20-23,31H,6-12,14-18H2,1-3H3,(H,32,34). The number of carbonyl (C=O) groups is 2. The summed E-state index contributed by atoms with van der Waals surface area (Å²) in [5.74, 6) is 2.58. The molecule has 0 radical (unpaired) electrons. The van der Waals surface area contributed by atoms with E-state index < -0.39 is 5.60 Å². The van der Waals surface area contributed by atoms with E-state index in [0.717, 1.165) is 42.7 Å². The summed E-state index contributed by atoms with van der Waals surface area (Å²) in [6.07, 6.45) is 9.60. The number of halogens is 1. The van der Waals surface area contributed by atoms with Gasteiger partial charge in [0.15, 0.2) is 0 Å². The summed E-state index contributed by atoms with van der Waals surface area (Å²) in [6.45, 7) is 8.50. The minimum absolute atomic E-state index is 0.0525. The third-order valence-electron chi connectivity index (χ3n) is 8.81. The van der Waals surface area contributed by atoms with Crippen LogP contribution in [0.4, 0.5) is 4.79 Å². The highest BCUT2D eigenvalue weighted by Gasteiger charge is 2.50. The van der Waals surface area contributed by atoms with Crippen LogP contribution in [0.3, 0.4) is 0 Å². The van der Waals surface area contributed by atoms with Crippen molar-refractivity contribution in [1.29, 1.82) is 0 Å². The van der Waals surface area contributed by atoms with Gasteiger partial charge in [0.25, 0.3) is 5.91 Å². The number of hydrogen-bond acceptors (Lipinski definition) is 4. The number of rotatable bonds is 6. The lowest BCUT2D eigenvalue weighted by atomic mass is 9.49. The van der Waals surface area contributed by atoms with Crippen molar-refractivity contribution in [2.45, 2.75) is 90.3 Å². The quantitative estimate of drug-likeness (QED) is 0.504. The van der Waals surface area contributed by atoms with Crippen LogP contribution in [0, 0.1) is 23.2 Å². The van der Waals surface area contributed by atoms with E-state index in [1.807, 2.05) is 39.0 Å². The first-order valence-electron chi connectivity index (χ1n) is 13.9. The average molecular weight is 516 g/mol. The maximum atomic E-state index is 13.2. The molecule has 0 unspecified atom stereocenters. The predicted molar refractivity (Wildman–Crippen MR) is 142 cm³/mol. The third kappa shape index (κ3) is 6.02. The molecule has 4 aliphatic carbocycles. The van der Waals surface area contributed by atoms with Crippen molar-refractivity contribution in [3.63, 3.8) is 0 Å². The lowest BCUT2D eigenvalue weighted by Gasteiger charge is -2.56. The van der Waals surface area contributed by atoms with Gasteiger partial charge in [0.2, 0.25) is 0 Å². The zero-order chi connectivity index (χ0) is 25.5. The summed E-state index contributed by atoms with van der Waals surface area (Å²) in [4.78, 5) is 27.2. The number of ether oxygens (including phenoxy) is 1. The molecule has 5 fully saturated rings. The van der Waals surface area contributed by atoms with Gasteiger partial charge in [-0.15, -0.1) is 0 Å². The average Bonchev–Trinajstić information content (AvgIpc) is 2.80. The summed E-state index contributed by atoms with van der Waals surface area (Å²) in [5, 5.41) is 7.37. The summed E-state index contributed by atoms with van der Waals surface area (Å²) in [7, 11) is 0. The van der Waals surface area contributed by atoms with Gasteiger partial charge in [-0.1, -0.05) is 17.7 Å². The minimum atomic E-state index is -0.472. The van der Waals surface area contributed by atoms with E-state index in [4.69, 9.17) is 16.3 Å². The second-order valence-corrected chi connectivity index (χ2v) is 13.4. The van der Waals surface area contributed by atoms with Crippen LogP contribution in [0.15, 0.2) is 18.2 Å². The van der Waals surface area contributed by atoms with Gasteiger partial charge in [0.1, 0.15) is 5.60 Å². The van der Waals surface area contributed by atoms with Gasteiger partial charge in [-0.05, 0) is 113 Å². The lowest BCUT2D eigenvalue weighted by molar-refractivity contribution is -0.0503. The number of hydrogen-bond donors (Lipinski definition) is 2. The van der Waals surface area contributed by atoms with Crippen molar-refractivity contribution in [3.8, 4) is 0 Å². The number of amides is 2. The first kappa shape index (κ1) is 25.8. The van der Waals surface area contributed by atoms with Gasteiger partial charge in [-0.2, -0.15) is 0 Å². The van der Waals surface area contributed by atoms with Gasteiger partial charge in [0.05, 0.1) is 10.6 Å². The SMILES string of the molecule is CC(C)(C)OC(=O)N1CCC(NCc2ccc(Cl)c(C(=O)NCC34CC5CC(CC(C5)C3)C4)c2)CC1. The van der Waals surface area contributed by atoms with Crippen LogP contribution in [0.1, 0.15) is 88.1 Å². The van der Waals surface area contributed by atoms with Crippen molar-refractivity contribution in [2.75, 3.05) is 19.6 Å². The molecule has 6 rings (SSSR count). The van der Waals surface area contributed by atoms with E-state index in [-0.39, 0.29) is 12.0 Å². The summed E-state index contributed by atoms with van der Waals surface area (Å²) in [6, 6.07) is 6.08. The molecular weight excluding hydrogens is 474 g/mol. The third-order valence-corrected chi connectivity index (χ3v) is 9.14. The Kier molecular flexibility index (Phi) is 7.30. The molecule has 2 N–H and O–H groups in total. The highest BCUT2D eigenvalue weighted by Crippen LogP contribution is 2.59. The second kappa shape index (κ2) is 10.2. The van der Waals surface area contributed by atoms with Crippen LogP contribution in [-0.4, -0.2) is 48.2 Å². The van der Waals surface area contributed by atoms with E-state index in [1.54, 1.807) is 4.90 Å². The predicted octanol–water partition coefficient (Wildman–Crippen LogP) is 5.78. The molecule has 6 nitrogen and oxygen atoms in total. The molecule has 36 heavy (non-hydrogen) atoms. The molecule has 1 heterocycles. The van der Waals surface area contributed by atoms with Crippen LogP contribution in [-0.2, 0) is 11.3 Å². The maximum Gasteiger partial charge on any atom is 0.410 e. The fraction of sp³-hybridized carbons (Fsp3) is 0.724. The molecule has 0 atom stereocenters. The Labute approximate surface area is 220 Å². The first-order chi connectivity index (χ1) is 17.1. The zero-order valence-corrected chi connectivity index (χ0v) is 22.8. The molecule has 7 heteroatoms. The van der Waals surface area contributed by atoms with Crippen LogP contribution >= 0.6 is 11.6 Å². The topological polar surface area (TPSA) is 70.7 Å². The van der Waals surface area contributed by atoms with Gasteiger partial charge in [-0.25, -0.2) is 4.79 Å². The molecule has 2 amide bonds. The van der Waals surface area contributed by atoms with Gasteiger partial charge in [0, 0.05) is 32.2 Å². The number of nitrogens with zero attached hydrogens (tertiary/aromatic N) is 1. The van der Waals surface area contributed by atoms with Crippen LogP contribution < -0.4 is 10.6 Å². The minimum Gasteiger partial charge on any atom is -0.444 e. The van der Waals surface area contributed by atoms with E-state index in [1.165, 1.54) is 38.5 Å². The number of nitrogens with one attached hydrogen (secondary N) is 2. The van der Waals surface area contributed by atoms with E-state index in [0.29, 0.717) is 41.7 Å². The molecule has 1 aliphatic heterocycles. The van der Waals surface area contributed by atoms with Crippen molar-refractivity contribution >= 4 is 23.6 Å². The zero-order valence-electron chi connectivity index (χ0n) is 22.1. The van der Waals surface area contributed by atoms with Crippen LogP contribution in [0.5, 0.6) is 0 Å². The summed E-state index contributed by atoms with van der Waals surface area (Å²) >= 11 is 6.46. The Morgan fingerprint density at radius 1 is 1.06 bits per heavy atom. The fourth-order valence-corrected chi connectivity index (χ4v) is 7.78. The Morgan fingerprint density at radius 3 is 2.25 bits per heavy atom. The van der Waals surface area contributed by atoms with E-state index in [9.17, 15) is 9.59 Å². The van der Waals surface area contributed by atoms with Crippen LogP contribution in [0.2, 0.25) is 5.02 Å². The monoisotopic (exact) mass is 515 g/mol. The molecular formula is C29H42ClN3O3. The van der Waals surface area contributed by atoms with Crippen molar-refractivity contribution in [1.82, 2.24) is 15.5 Å². The number of carbonyl (C=O) groups excluding carboxylic acids is 2. The Balaban J connectivity index is 1.11. The van der Waals surface area contributed by atoms with E-state index in [2.05, 4.69) is 10.6 Å². The molecule has 1 aromatic carbocycles. The summed E-state index contributed by atoms with van der Waals surface area (Å²) in [5.41, 5.74) is 1.46. The number of likely N-dealkylation sites (tertiary alicyclic amines) is 1. The van der Waals surface area contributed by atoms with Gasteiger partial charge in [-0.3, -0.25) is 4.79 Å². The molecule has 5 aliphatic rings. The van der Waals surface area contributed by atoms with Gasteiger partial charge < -0.3 is 20.3 Å². The molecule has 0 spiro atoms. The molecule has 4 saturated carbocycles. The number of piperidine rings is 1. The van der Waals surface area contributed by atoms with Gasteiger partial charge >= 0.3 is 6.09 Å². The van der Waals surface area contributed by atoms with Crippen molar-refractivity contribution in [3.05, 3.63) is 34.3 Å². The number of benzene rings is 1. The largest absolute Gasteiger partial charge is 0.444 e. The van der Waals surface area contributed by atoms with E-state index >= 15 is 0 Å². The highest BCUT2D eigenvalue weighted by molar-refractivity contribution is 6.33. The lowest BCUT2D eigenvalue weighted by Crippen LogP contribution is -2.51. The first-order valence-corrected chi connectivity index (χ1v) is 14.2. The smallest absolute Gasteiger partial charge is 0.410 e. The second-order valence-electron chi connectivity index (χ2n) is 13.0. The Morgan fingerprint density at radius 2 is 1.67 bits per heavy atom. The Hall–Kier alpha value is -1.79. The molecule has 1 aromatic rings. The summed E-state index contributed by atoms with van der Waals surface area (Å²) < 4.78 is 5.49. The van der Waals surface area contributed by atoms with Crippen molar-refractivity contribution < 1.29 is 14.3 Å².